The zero-order valence-corrected chi connectivity index (χ0v) is 14.4. The number of aromatic nitrogens is 1. The molecule has 0 aliphatic carbocycles. The van der Waals surface area contributed by atoms with Crippen molar-refractivity contribution in [1.29, 1.82) is 0 Å². The van der Waals surface area contributed by atoms with Crippen LogP contribution in [0.2, 0.25) is 0 Å². The molecule has 2 rings (SSSR count). The number of likely N-dealkylation sites (N-methyl/N-ethyl adjacent to an activating group) is 1. The summed E-state index contributed by atoms with van der Waals surface area (Å²) in [6.07, 6.45) is -4.78. The van der Waals surface area contributed by atoms with Gasteiger partial charge in [-0.05, 0) is 18.6 Å². The molecule has 0 bridgehead atoms. The fourth-order valence-electron chi connectivity index (χ4n) is 2.70. The molecule has 2 heterocycles. The average Bonchev–Trinajstić information content (AvgIpc) is 2.86. The lowest BCUT2D eigenvalue weighted by molar-refractivity contribution is -0.145. The van der Waals surface area contributed by atoms with Crippen LogP contribution in [0.5, 0.6) is 0 Å². The molecule has 1 fully saturated rings. The van der Waals surface area contributed by atoms with E-state index in [1.165, 1.54) is 7.05 Å². The van der Waals surface area contributed by atoms with Crippen LogP contribution in [0.3, 0.4) is 0 Å². The van der Waals surface area contributed by atoms with Gasteiger partial charge in [-0.1, -0.05) is 0 Å². The molecule has 26 heavy (non-hydrogen) atoms. The van der Waals surface area contributed by atoms with Crippen molar-refractivity contribution in [3.8, 4) is 0 Å². The Morgan fingerprint density at radius 1 is 1.35 bits per heavy atom. The number of pyridine rings is 1. The lowest BCUT2D eigenvalue weighted by Crippen LogP contribution is -2.43. The molecule has 1 atom stereocenters. The van der Waals surface area contributed by atoms with Crippen LogP contribution in [0.25, 0.3) is 0 Å². The van der Waals surface area contributed by atoms with Gasteiger partial charge in [0.15, 0.2) is 9.84 Å². The van der Waals surface area contributed by atoms with Gasteiger partial charge in [-0.2, -0.15) is 13.2 Å². The van der Waals surface area contributed by atoms with Crippen LogP contribution in [0, 0.1) is 0 Å². The Kier molecular flexibility index (Phi) is 5.17. The minimum Gasteiger partial charge on any atom is -0.365 e. The monoisotopic (exact) mass is 395 g/mol. The number of halogens is 3. The maximum absolute atomic E-state index is 13.1. The van der Waals surface area contributed by atoms with E-state index in [0.29, 0.717) is 12.1 Å². The predicted octanol–water partition coefficient (Wildman–Crippen LogP) is -0.388. The molecule has 0 unspecified atom stereocenters. The van der Waals surface area contributed by atoms with E-state index in [1.807, 2.05) is 0 Å². The summed E-state index contributed by atoms with van der Waals surface area (Å²) in [5, 5.41) is 0. The van der Waals surface area contributed by atoms with E-state index in [2.05, 4.69) is 0 Å². The number of carbonyl (C=O) groups excluding carboxylic acids is 2. The molecule has 12 heteroatoms. The number of nitrogens with zero attached hydrogens (tertiary/aromatic N) is 2. The van der Waals surface area contributed by atoms with Gasteiger partial charge in [0.1, 0.15) is 17.8 Å². The second-order valence-electron chi connectivity index (χ2n) is 5.95. The number of hydrogen-bond acceptors (Lipinski definition) is 5. The molecule has 0 spiro atoms. The van der Waals surface area contributed by atoms with Crippen LogP contribution >= 0.6 is 0 Å². The number of rotatable bonds is 4. The summed E-state index contributed by atoms with van der Waals surface area (Å²) in [5.74, 6) is -2.53. The maximum atomic E-state index is 13.1. The molecule has 0 radical (unpaired) electrons. The van der Waals surface area contributed by atoms with E-state index in [0.717, 1.165) is 4.90 Å². The van der Waals surface area contributed by atoms with E-state index in [9.17, 15) is 36.0 Å². The number of nitrogens with two attached hydrogens (primary N) is 1. The summed E-state index contributed by atoms with van der Waals surface area (Å²) in [7, 11) is -2.05. The van der Waals surface area contributed by atoms with Crippen molar-refractivity contribution in [2.24, 2.45) is 5.73 Å². The van der Waals surface area contributed by atoms with Crippen molar-refractivity contribution in [3.05, 3.63) is 33.7 Å². The van der Waals surface area contributed by atoms with Gasteiger partial charge < -0.3 is 10.6 Å². The van der Waals surface area contributed by atoms with Crippen molar-refractivity contribution < 1.29 is 31.2 Å². The summed E-state index contributed by atoms with van der Waals surface area (Å²) < 4.78 is 62.5. The first-order chi connectivity index (χ1) is 11.8. The number of sulfone groups is 1. The first-order valence-electron chi connectivity index (χ1n) is 7.40. The molecule has 2 amide bonds. The maximum Gasteiger partial charge on any atom is 0.431 e. The highest BCUT2D eigenvalue weighted by Crippen LogP contribution is 2.28. The van der Waals surface area contributed by atoms with Crippen LogP contribution in [-0.2, 0) is 27.4 Å². The van der Waals surface area contributed by atoms with Gasteiger partial charge in [-0.15, -0.1) is 0 Å². The molecule has 1 aromatic rings. The van der Waals surface area contributed by atoms with Crippen LogP contribution in [0.1, 0.15) is 22.5 Å². The molecule has 1 aliphatic heterocycles. The van der Waals surface area contributed by atoms with Gasteiger partial charge in [0.25, 0.3) is 11.5 Å². The van der Waals surface area contributed by atoms with Crippen molar-refractivity contribution in [2.45, 2.75) is 25.2 Å². The first-order valence-corrected chi connectivity index (χ1v) is 9.22. The van der Waals surface area contributed by atoms with Gasteiger partial charge in [0.05, 0.1) is 11.5 Å². The molecular weight excluding hydrogens is 379 g/mol. The molecule has 0 saturated carbocycles. The Balaban J connectivity index is 2.38. The summed E-state index contributed by atoms with van der Waals surface area (Å²) in [6, 6.07) is 0.466. The highest BCUT2D eigenvalue weighted by Gasteiger charge is 2.37. The van der Waals surface area contributed by atoms with Crippen molar-refractivity contribution in [2.75, 3.05) is 18.6 Å². The molecule has 1 aliphatic rings. The molecule has 2 N–H and O–H groups in total. The van der Waals surface area contributed by atoms with Crippen LogP contribution in [0.4, 0.5) is 13.2 Å². The second kappa shape index (κ2) is 6.74. The lowest BCUT2D eigenvalue weighted by atomic mass is 10.2. The van der Waals surface area contributed by atoms with Crippen LogP contribution in [0.15, 0.2) is 16.9 Å². The fourth-order valence-corrected chi connectivity index (χ4v) is 4.48. The van der Waals surface area contributed by atoms with E-state index < -0.39 is 57.2 Å². The highest BCUT2D eigenvalue weighted by molar-refractivity contribution is 7.91. The van der Waals surface area contributed by atoms with Crippen molar-refractivity contribution in [1.82, 2.24) is 9.47 Å². The smallest absolute Gasteiger partial charge is 0.365 e. The molecule has 144 valence electrons. The zero-order chi connectivity index (χ0) is 19.9. The van der Waals surface area contributed by atoms with Crippen LogP contribution in [-0.4, -0.2) is 54.3 Å². The standard InChI is InChI=1S/C14H16F3N3O5S/c1-19(8-4-5-26(24,25)7-8)11(21)6-20-10(14(15,16)17)3-2-9(12(18)22)13(20)23/h2-3,8H,4-7H2,1H3,(H2,18,22)/t8-/m0/s1. The van der Waals surface area contributed by atoms with Crippen LogP contribution < -0.4 is 11.3 Å². The molecular formula is C14H16F3N3O5S. The van der Waals surface area contributed by atoms with Gasteiger partial charge >= 0.3 is 6.18 Å². The third kappa shape index (κ3) is 4.06. The Bertz CT molecular complexity index is 907. The number of carbonyl (C=O) groups is 2. The summed E-state index contributed by atoms with van der Waals surface area (Å²) >= 11 is 0. The van der Waals surface area contributed by atoms with Crippen molar-refractivity contribution in [3.63, 3.8) is 0 Å². The fraction of sp³-hybridized carbons (Fsp3) is 0.500. The Hall–Kier alpha value is -2.37. The zero-order valence-electron chi connectivity index (χ0n) is 13.6. The largest absolute Gasteiger partial charge is 0.431 e. The normalized spacial score (nSPS) is 19.3. The molecule has 1 saturated heterocycles. The second-order valence-corrected chi connectivity index (χ2v) is 8.18. The number of hydrogen-bond donors (Lipinski definition) is 1. The highest BCUT2D eigenvalue weighted by atomic mass is 32.2. The van der Waals surface area contributed by atoms with Crippen molar-refractivity contribution >= 4 is 21.7 Å². The lowest BCUT2D eigenvalue weighted by Gasteiger charge is -2.25. The molecule has 1 aromatic heterocycles. The van der Waals surface area contributed by atoms with E-state index in [4.69, 9.17) is 5.73 Å². The predicted molar refractivity (Wildman–Crippen MR) is 84.1 cm³/mol. The summed E-state index contributed by atoms with van der Waals surface area (Å²) in [5.41, 5.74) is 1.53. The SMILES string of the molecule is CN(C(=O)Cn1c(C(F)(F)F)ccc(C(N)=O)c1=O)[C@H]1CCS(=O)(=O)C1. The quantitative estimate of drug-likeness (QED) is 0.745. The minimum absolute atomic E-state index is 0.125. The van der Waals surface area contributed by atoms with E-state index in [-0.39, 0.29) is 22.5 Å². The van der Waals surface area contributed by atoms with E-state index >= 15 is 0 Å². The summed E-state index contributed by atoms with van der Waals surface area (Å²) in [6.45, 7) is -0.998. The Labute approximate surface area is 146 Å². The number of amides is 2. The first kappa shape index (κ1) is 19.9. The minimum atomic E-state index is -4.94. The van der Waals surface area contributed by atoms with Gasteiger partial charge in [0, 0.05) is 13.1 Å². The number of alkyl halides is 3. The topological polar surface area (TPSA) is 120 Å². The van der Waals surface area contributed by atoms with Gasteiger partial charge in [-0.25, -0.2) is 8.42 Å². The van der Waals surface area contributed by atoms with E-state index in [1.54, 1.807) is 0 Å². The number of primary amides is 1. The third-order valence-electron chi connectivity index (χ3n) is 4.17. The van der Waals surface area contributed by atoms with Gasteiger partial charge in [-0.3, -0.25) is 19.0 Å². The van der Waals surface area contributed by atoms with Gasteiger partial charge in [0.2, 0.25) is 5.91 Å². The average molecular weight is 395 g/mol. The molecule has 8 nitrogen and oxygen atoms in total. The Morgan fingerprint density at radius 2 is 1.96 bits per heavy atom. The molecule has 0 aromatic carbocycles. The Morgan fingerprint density at radius 3 is 2.42 bits per heavy atom. The third-order valence-corrected chi connectivity index (χ3v) is 5.92. The summed E-state index contributed by atoms with van der Waals surface area (Å²) in [4.78, 5) is 36.7.